The molecule has 2 aliphatic rings. The second kappa shape index (κ2) is 6.51. The Morgan fingerprint density at radius 3 is 2.79 bits per heavy atom. The number of rotatable bonds is 5. The summed E-state index contributed by atoms with van der Waals surface area (Å²) in [5.74, 6) is -0.476. The summed E-state index contributed by atoms with van der Waals surface area (Å²) in [6.45, 7) is 4.19. The predicted octanol–water partition coefficient (Wildman–Crippen LogP) is 2.48. The standard InChI is InChI=1S/C16H24N4O4/c1-3-24-12-9-11(16(12)7-5-4-6-8-16)17-15(21)13-14(20(22)23)10(2)18-19-13/h11-12H,3-9H2,1-2H3,(H,17,21)(H,18,19)/t11-,12-/m0/s1. The van der Waals surface area contributed by atoms with E-state index in [1.54, 1.807) is 6.92 Å². The number of aryl methyl sites for hydroxylation is 1. The van der Waals surface area contributed by atoms with Gasteiger partial charge >= 0.3 is 5.69 Å². The lowest BCUT2D eigenvalue weighted by Gasteiger charge is -2.57. The van der Waals surface area contributed by atoms with E-state index in [0.717, 1.165) is 32.1 Å². The van der Waals surface area contributed by atoms with E-state index in [9.17, 15) is 14.9 Å². The minimum absolute atomic E-state index is 0.00143. The van der Waals surface area contributed by atoms with Crippen LogP contribution in [0.4, 0.5) is 5.69 Å². The molecule has 0 aliphatic heterocycles. The Morgan fingerprint density at radius 1 is 1.46 bits per heavy atom. The highest BCUT2D eigenvalue weighted by molar-refractivity contribution is 5.96. The zero-order valence-corrected chi connectivity index (χ0v) is 14.1. The van der Waals surface area contributed by atoms with Crippen molar-refractivity contribution in [2.75, 3.05) is 6.61 Å². The number of nitrogens with one attached hydrogen (secondary N) is 2. The lowest BCUT2D eigenvalue weighted by atomic mass is 9.55. The molecule has 1 amide bonds. The lowest BCUT2D eigenvalue weighted by Crippen LogP contribution is -2.65. The molecule has 0 aromatic carbocycles. The van der Waals surface area contributed by atoms with Crippen LogP contribution in [0.5, 0.6) is 0 Å². The van der Waals surface area contributed by atoms with Crippen molar-refractivity contribution in [3.63, 3.8) is 0 Å². The van der Waals surface area contributed by atoms with Crippen LogP contribution in [-0.2, 0) is 4.74 Å². The second-order valence-corrected chi connectivity index (χ2v) is 6.80. The smallest absolute Gasteiger partial charge is 0.322 e. The van der Waals surface area contributed by atoms with Crippen LogP contribution in [0.2, 0.25) is 0 Å². The van der Waals surface area contributed by atoms with Gasteiger partial charge in [0, 0.05) is 18.1 Å². The number of hydrogen-bond donors (Lipinski definition) is 2. The molecular weight excluding hydrogens is 312 g/mol. The summed E-state index contributed by atoms with van der Waals surface area (Å²) in [7, 11) is 0. The maximum atomic E-state index is 12.5. The topological polar surface area (TPSA) is 110 Å². The molecule has 1 aromatic heterocycles. The highest BCUT2D eigenvalue weighted by atomic mass is 16.6. The summed E-state index contributed by atoms with van der Waals surface area (Å²) < 4.78 is 5.87. The third-order valence-corrected chi connectivity index (χ3v) is 5.56. The first-order valence-corrected chi connectivity index (χ1v) is 8.61. The molecule has 132 valence electrons. The molecule has 2 atom stereocenters. The highest BCUT2D eigenvalue weighted by Crippen LogP contribution is 2.53. The molecule has 0 bridgehead atoms. The van der Waals surface area contributed by atoms with Crippen LogP contribution < -0.4 is 5.32 Å². The van der Waals surface area contributed by atoms with E-state index in [2.05, 4.69) is 15.5 Å². The Kier molecular flexibility index (Phi) is 4.58. The van der Waals surface area contributed by atoms with E-state index >= 15 is 0 Å². The van der Waals surface area contributed by atoms with Gasteiger partial charge in [-0.1, -0.05) is 19.3 Å². The minimum Gasteiger partial charge on any atom is -0.378 e. The molecule has 2 saturated carbocycles. The Morgan fingerprint density at radius 2 is 2.17 bits per heavy atom. The molecule has 24 heavy (non-hydrogen) atoms. The van der Waals surface area contributed by atoms with Gasteiger partial charge in [0.2, 0.25) is 5.69 Å². The molecule has 3 rings (SSSR count). The van der Waals surface area contributed by atoms with Gasteiger partial charge in [0.05, 0.1) is 11.0 Å². The van der Waals surface area contributed by atoms with Gasteiger partial charge in [-0.05, 0) is 33.1 Å². The van der Waals surface area contributed by atoms with Crippen LogP contribution in [0.25, 0.3) is 0 Å². The Labute approximate surface area is 140 Å². The Balaban J connectivity index is 1.76. The van der Waals surface area contributed by atoms with Gasteiger partial charge in [-0.15, -0.1) is 0 Å². The average Bonchev–Trinajstić information content (AvgIpc) is 2.96. The number of hydrogen-bond acceptors (Lipinski definition) is 5. The van der Waals surface area contributed by atoms with E-state index < -0.39 is 10.8 Å². The van der Waals surface area contributed by atoms with Crippen LogP contribution >= 0.6 is 0 Å². The molecule has 1 aromatic rings. The molecule has 0 saturated heterocycles. The van der Waals surface area contributed by atoms with Gasteiger partial charge in [0.25, 0.3) is 5.91 Å². The van der Waals surface area contributed by atoms with E-state index in [0.29, 0.717) is 12.3 Å². The average molecular weight is 336 g/mol. The van der Waals surface area contributed by atoms with Gasteiger partial charge in [-0.25, -0.2) is 0 Å². The monoisotopic (exact) mass is 336 g/mol. The Hall–Kier alpha value is -1.96. The van der Waals surface area contributed by atoms with Crippen LogP contribution in [0, 0.1) is 22.5 Å². The van der Waals surface area contributed by atoms with E-state index in [-0.39, 0.29) is 28.9 Å². The van der Waals surface area contributed by atoms with Crippen molar-refractivity contribution in [2.24, 2.45) is 5.41 Å². The van der Waals surface area contributed by atoms with Crippen molar-refractivity contribution >= 4 is 11.6 Å². The molecular formula is C16H24N4O4. The summed E-state index contributed by atoms with van der Waals surface area (Å²) in [5.41, 5.74) is -0.114. The maximum absolute atomic E-state index is 12.5. The van der Waals surface area contributed by atoms with Crippen molar-refractivity contribution in [3.05, 3.63) is 21.5 Å². The predicted molar refractivity (Wildman–Crippen MR) is 86.8 cm³/mol. The van der Waals surface area contributed by atoms with Gasteiger partial charge in [-0.3, -0.25) is 20.0 Å². The molecule has 2 N–H and O–H groups in total. The molecule has 8 nitrogen and oxygen atoms in total. The number of H-pyrrole nitrogens is 1. The normalized spacial score (nSPS) is 25.2. The molecule has 0 radical (unpaired) electrons. The third kappa shape index (κ3) is 2.68. The number of nitro groups is 1. The summed E-state index contributed by atoms with van der Waals surface area (Å²) in [5, 5.41) is 20.5. The van der Waals surface area contributed by atoms with E-state index in [4.69, 9.17) is 4.74 Å². The van der Waals surface area contributed by atoms with Gasteiger partial charge in [-0.2, -0.15) is 5.10 Å². The SMILES string of the molecule is CCO[C@H]1C[C@H](NC(=O)c2n[nH]c(C)c2[N+](=O)[O-])C12CCCCC2. The molecule has 8 heteroatoms. The summed E-state index contributed by atoms with van der Waals surface area (Å²) in [6, 6.07) is -0.00143. The second-order valence-electron chi connectivity index (χ2n) is 6.80. The first-order valence-electron chi connectivity index (χ1n) is 8.61. The zero-order valence-electron chi connectivity index (χ0n) is 14.1. The van der Waals surface area contributed by atoms with Crippen molar-refractivity contribution in [1.82, 2.24) is 15.5 Å². The van der Waals surface area contributed by atoms with Crippen LogP contribution in [-0.4, -0.2) is 39.8 Å². The minimum atomic E-state index is -0.562. The fraction of sp³-hybridized carbons (Fsp3) is 0.750. The van der Waals surface area contributed by atoms with E-state index in [1.165, 1.54) is 6.42 Å². The fourth-order valence-corrected chi connectivity index (χ4v) is 4.30. The highest BCUT2D eigenvalue weighted by Gasteiger charge is 2.56. The van der Waals surface area contributed by atoms with E-state index in [1.807, 2.05) is 6.92 Å². The van der Waals surface area contributed by atoms with Crippen molar-refractivity contribution in [2.45, 2.75) is 64.5 Å². The summed E-state index contributed by atoms with van der Waals surface area (Å²) in [6.07, 6.45) is 6.48. The lowest BCUT2D eigenvalue weighted by molar-refractivity contribution is -0.385. The van der Waals surface area contributed by atoms with Gasteiger partial charge < -0.3 is 10.1 Å². The van der Waals surface area contributed by atoms with Crippen molar-refractivity contribution in [3.8, 4) is 0 Å². The van der Waals surface area contributed by atoms with Crippen LogP contribution in [0.15, 0.2) is 0 Å². The Bertz CT molecular complexity index is 636. The van der Waals surface area contributed by atoms with Crippen LogP contribution in [0.1, 0.15) is 61.6 Å². The molecule has 2 aliphatic carbocycles. The number of ether oxygens (including phenoxy) is 1. The quantitative estimate of drug-likeness (QED) is 0.634. The number of carbonyl (C=O) groups is 1. The molecule has 1 heterocycles. The van der Waals surface area contributed by atoms with Gasteiger partial charge in [0.15, 0.2) is 0 Å². The molecule has 2 fully saturated rings. The summed E-state index contributed by atoms with van der Waals surface area (Å²) in [4.78, 5) is 23.1. The number of nitrogens with zero attached hydrogens (tertiary/aromatic N) is 2. The van der Waals surface area contributed by atoms with Crippen molar-refractivity contribution < 1.29 is 14.5 Å². The number of carbonyl (C=O) groups excluding carboxylic acids is 1. The molecule has 0 unspecified atom stereocenters. The van der Waals surface area contributed by atoms with Crippen molar-refractivity contribution in [1.29, 1.82) is 0 Å². The van der Waals surface area contributed by atoms with Gasteiger partial charge in [0.1, 0.15) is 5.69 Å². The number of amides is 1. The number of aromatic nitrogens is 2. The number of aromatic amines is 1. The maximum Gasteiger partial charge on any atom is 0.322 e. The fourth-order valence-electron chi connectivity index (χ4n) is 4.30. The van der Waals surface area contributed by atoms with Crippen LogP contribution in [0.3, 0.4) is 0 Å². The molecule has 1 spiro atoms. The first-order chi connectivity index (χ1) is 11.5. The summed E-state index contributed by atoms with van der Waals surface area (Å²) >= 11 is 0. The third-order valence-electron chi connectivity index (χ3n) is 5.56. The first kappa shape index (κ1) is 16.9. The largest absolute Gasteiger partial charge is 0.378 e. The zero-order chi connectivity index (χ0) is 17.3.